The van der Waals surface area contributed by atoms with Crippen LogP contribution in [0.2, 0.25) is 0 Å². The van der Waals surface area contributed by atoms with Gasteiger partial charge in [0.2, 0.25) is 0 Å². The summed E-state index contributed by atoms with van der Waals surface area (Å²) in [6, 6.07) is 10.5. The van der Waals surface area contributed by atoms with Gasteiger partial charge >= 0.3 is 0 Å². The van der Waals surface area contributed by atoms with Crippen LogP contribution in [0.1, 0.15) is 5.69 Å². The second kappa shape index (κ2) is 4.53. The maximum Gasteiger partial charge on any atom is 0.115 e. The first-order chi connectivity index (χ1) is 7.74. The van der Waals surface area contributed by atoms with E-state index in [1.807, 2.05) is 18.2 Å². The van der Waals surface area contributed by atoms with Gasteiger partial charge in [0.25, 0.3) is 0 Å². The van der Waals surface area contributed by atoms with Crippen LogP contribution in [0.25, 0.3) is 0 Å². The van der Waals surface area contributed by atoms with Crippen molar-refractivity contribution in [2.75, 3.05) is 11.1 Å². The number of aromatic hydroxyl groups is 1. The van der Waals surface area contributed by atoms with Gasteiger partial charge in [-0.25, -0.2) is 0 Å². The van der Waals surface area contributed by atoms with Gasteiger partial charge in [-0.05, 0) is 36.4 Å². The van der Waals surface area contributed by atoms with E-state index < -0.39 is 0 Å². The summed E-state index contributed by atoms with van der Waals surface area (Å²) < 4.78 is 0. The van der Waals surface area contributed by atoms with Crippen molar-refractivity contribution in [1.82, 2.24) is 4.98 Å². The van der Waals surface area contributed by atoms with Gasteiger partial charge in [-0.1, -0.05) is 0 Å². The largest absolute Gasteiger partial charge is 0.508 e. The number of hydrogen-bond acceptors (Lipinski definition) is 4. The number of phenolic OH excluding ortho intramolecular Hbond substituents is 1. The molecule has 0 aliphatic rings. The average molecular weight is 215 g/mol. The van der Waals surface area contributed by atoms with Crippen molar-refractivity contribution in [2.24, 2.45) is 0 Å². The van der Waals surface area contributed by atoms with Crippen LogP contribution < -0.4 is 11.1 Å². The smallest absolute Gasteiger partial charge is 0.115 e. The molecule has 0 fully saturated rings. The fourth-order valence-corrected chi connectivity index (χ4v) is 1.37. The van der Waals surface area contributed by atoms with Crippen LogP contribution in [0.15, 0.2) is 42.6 Å². The van der Waals surface area contributed by atoms with Crippen molar-refractivity contribution >= 4 is 11.4 Å². The van der Waals surface area contributed by atoms with Gasteiger partial charge in [0.15, 0.2) is 0 Å². The molecule has 0 aliphatic heterocycles. The molecule has 2 aromatic rings. The van der Waals surface area contributed by atoms with Crippen LogP contribution in [0.3, 0.4) is 0 Å². The van der Waals surface area contributed by atoms with Crippen LogP contribution in [0.5, 0.6) is 5.75 Å². The molecule has 0 saturated heterocycles. The number of aromatic nitrogens is 1. The summed E-state index contributed by atoms with van der Waals surface area (Å²) in [6.45, 7) is 0.607. The number of nitrogen functional groups attached to an aromatic ring is 1. The van der Waals surface area contributed by atoms with Crippen molar-refractivity contribution < 1.29 is 5.11 Å². The Bertz CT molecular complexity index is 468. The van der Waals surface area contributed by atoms with Gasteiger partial charge in [0.05, 0.1) is 12.2 Å². The van der Waals surface area contributed by atoms with Crippen molar-refractivity contribution in [3.05, 3.63) is 48.3 Å². The molecule has 4 N–H and O–H groups in total. The van der Waals surface area contributed by atoms with Crippen LogP contribution in [0.4, 0.5) is 11.4 Å². The average Bonchev–Trinajstić information content (AvgIpc) is 2.28. The number of rotatable bonds is 3. The van der Waals surface area contributed by atoms with E-state index in [-0.39, 0.29) is 5.75 Å². The molecular weight excluding hydrogens is 202 g/mol. The summed E-state index contributed by atoms with van der Waals surface area (Å²) >= 11 is 0. The molecule has 0 amide bonds. The Morgan fingerprint density at radius 1 is 1.19 bits per heavy atom. The lowest BCUT2D eigenvalue weighted by Gasteiger charge is -2.06. The third kappa shape index (κ3) is 2.63. The van der Waals surface area contributed by atoms with Crippen molar-refractivity contribution in [3.63, 3.8) is 0 Å². The monoisotopic (exact) mass is 215 g/mol. The van der Waals surface area contributed by atoms with Gasteiger partial charge in [0, 0.05) is 17.6 Å². The second-order valence-corrected chi connectivity index (χ2v) is 3.48. The first kappa shape index (κ1) is 10.3. The lowest BCUT2D eigenvalue weighted by atomic mass is 10.3. The summed E-state index contributed by atoms with van der Waals surface area (Å²) in [4.78, 5) is 4.18. The van der Waals surface area contributed by atoms with Gasteiger partial charge in [-0.3, -0.25) is 4.98 Å². The number of hydrogen-bond donors (Lipinski definition) is 3. The minimum absolute atomic E-state index is 0.257. The second-order valence-electron chi connectivity index (χ2n) is 3.48. The number of nitrogens with zero attached hydrogens (tertiary/aromatic N) is 1. The van der Waals surface area contributed by atoms with E-state index in [0.29, 0.717) is 12.2 Å². The Balaban J connectivity index is 1.99. The van der Waals surface area contributed by atoms with E-state index >= 15 is 0 Å². The molecule has 0 radical (unpaired) electrons. The SMILES string of the molecule is Nc1ccnc(CNc2ccc(O)cc2)c1. The third-order valence-corrected chi connectivity index (χ3v) is 2.18. The van der Waals surface area contributed by atoms with Crippen LogP contribution in [0, 0.1) is 0 Å². The predicted octanol–water partition coefficient (Wildman–Crippen LogP) is 1.98. The highest BCUT2D eigenvalue weighted by atomic mass is 16.3. The summed E-state index contributed by atoms with van der Waals surface area (Å²) in [7, 11) is 0. The van der Waals surface area contributed by atoms with Crippen LogP contribution >= 0.6 is 0 Å². The number of nitrogens with one attached hydrogen (secondary N) is 1. The maximum atomic E-state index is 9.12. The Morgan fingerprint density at radius 2 is 1.94 bits per heavy atom. The third-order valence-electron chi connectivity index (χ3n) is 2.18. The molecule has 4 nitrogen and oxygen atoms in total. The minimum atomic E-state index is 0.257. The van der Waals surface area contributed by atoms with Crippen LogP contribution in [-0.2, 0) is 6.54 Å². The van der Waals surface area contributed by atoms with Gasteiger partial charge < -0.3 is 16.2 Å². The number of phenols is 1. The zero-order valence-electron chi connectivity index (χ0n) is 8.72. The molecule has 2 rings (SSSR count). The molecular formula is C12H13N3O. The Labute approximate surface area is 93.8 Å². The highest BCUT2D eigenvalue weighted by molar-refractivity contribution is 5.46. The summed E-state index contributed by atoms with van der Waals surface area (Å²) in [5, 5.41) is 12.3. The normalized spacial score (nSPS) is 10.0. The topological polar surface area (TPSA) is 71.2 Å². The minimum Gasteiger partial charge on any atom is -0.508 e. The molecule has 0 atom stereocenters. The van der Waals surface area contributed by atoms with Crippen molar-refractivity contribution in [3.8, 4) is 5.75 Å². The highest BCUT2D eigenvalue weighted by Crippen LogP contribution is 2.14. The van der Waals surface area contributed by atoms with Gasteiger partial charge in [-0.2, -0.15) is 0 Å². The fourth-order valence-electron chi connectivity index (χ4n) is 1.37. The predicted molar refractivity (Wildman–Crippen MR) is 64.1 cm³/mol. The zero-order chi connectivity index (χ0) is 11.4. The standard InChI is InChI=1S/C12H13N3O/c13-9-5-6-14-11(7-9)8-15-10-1-3-12(16)4-2-10/h1-7,15-16H,8H2,(H2,13,14). The first-order valence-electron chi connectivity index (χ1n) is 4.97. The summed E-state index contributed by atoms with van der Waals surface area (Å²) in [6.07, 6.45) is 1.68. The molecule has 16 heavy (non-hydrogen) atoms. The van der Waals surface area contributed by atoms with Crippen molar-refractivity contribution in [1.29, 1.82) is 0 Å². The molecule has 0 bridgehead atoms. The molecule has 0 saturated carbocycles. The molecule has 0 aliphatic carbocycles. The Morgan fingerprint density at radius 3 is 2.62 bits per heavy atom. The molecule has 82 valence electrons. The molecule has 1 aromatic heterocycles. The van der Waals surface area contributed by atoms with E-state index in [4.69, 9.17) is 10.8 Å². The zero-order valence-corrected chi connectivity index (χ0v) is 8.72. The Hall–Kier alpha value is -2.23. The van der Waals surface area contributed by atoms with E-state index in [1.165, 1.54) is 0 Å². The van der Waals surface area contributed by atoms with E-state index in [2.05, 4.69) is 10.3 Å². The van der Waals surface area contributed by atoms with E-state index in [9.17, 15) is 0 Å². The maximum absolute atomic E-state index is 9.12. The van der Waals surface area contributed by atoms with Gasteiger partial charge in [0.1, 0.15) is 5.75 Å². The molecule has 0 spiro atoms. The number of anilines is 2. The number of pyridine rings is 1. The lowest BCUT2D eigenvalue weighted by molar-refractivity contribution is 0.475. The lowest BCUT2D eigenvalue weighted by Crippen LogP contribution is -2.01. The fraction of sp³-hybridized carbons (Fsp3) is 0.0833. The van der Waals surface area contributed by atoms with E-state index in [0.717, 1.165) is 11.4 Å². The highest BCUT2D eigenvalue weighted by Gasteiger charge is 1.96. The molecule has 4 heteroatoms. The molecule has 1 heterocycles. The summed E-state index contributed by atoms with van der Waals surface area (Å²) in [5.74, 6) is 0.257. The van der Waals surface area contributed by atoms with E-state index in [1.54, 1.807) is 24.4 Å². The Kier molecular flexibility index (Phi) is 2.91. The quantitative estimate of drug-likeness (QED) is 0.685. The van der Waals surface area contributed by atoms with Gasteiger partial charge in [-0.15, -0.1) is 0 Å². The summed E-state index contributed by atoms with van der Waals surface area (Å²) in [5.41, 5.74) is 8.17. The number of benzene rings is 1. The molecule has 0 unspecified atom stereocenters. The van der Waals surface area contributed by atoms with Crippen LogP contribution in [-0.4, -0.2) is 10.1 Å². The first-order valence-corrected chi connectivity index (χ1v) is 4.97. The molecule has 1 aromatic carbocycles. The number of nitrogens with two attached hydrogens (primary N) is 1. The van der Waals surface area contributed by atoms with Crippen molar-refractivity contribution in [2.45, 2.75) is 6.54 Å².